The highest BCUT2D eigenvalue weighted by Gasteiger charge is 2.35. The van der Waals surface area contributed by atoms with Crippen molar-refractivity contribution in [1.82, 2.24) is 4.98 Å². The van der Waals surface area contributed by atoms with E-state index in [0.29, 0.717) is 17.8 Å². The second-order valence-corrected chi connectivity index (χ2v) is 12.0. The van der Waals surface area contributed by atoms with E-state index in [1.165, 1.54) is 61.2 Å². The van der Waals surface area contributed by atoms with Crippen LogP contribution in [0.3, 0.4) is 0 Å². The van der Waals surface area contributed by atoms with Crippen molar-refractivity contribution in [3.05, 3.63) is 162 Å². The van der Waals surface area contributed by atoms with Crippen LogP contribution >= 0.6 is 0 Å². The molecule has 3 unspecified atom stereocenters. The standard InChI is InChI=1S/C41H33N/c1-27-23-33-24-39(35-12-6-5-11-34(27)35)36-13-7-8-14-37(36)40-26-42-41(25-38(33)40)32-21-19-31(20-22-32)30-17-15-29(16-18-30)28-9-3-2-4-10-28/h2-22,25-27,33,39H,23-24H2,1H3. The summed E-state index contributed by atoms with van der Waals surface area (Å²) in [6.45, 7) is 2.41. The SMILES string of the molecule is CC1CC2CC(c3ccccc3-c3cnc(-c4ccc(-c5ccc(-c6ccccc6)cc5)cc4)cc32)c2ccccc21. The van der Waals surface area contributed by atoms with E-state index in [1.807, 2.05) is 0 Å². The van der Waals surface area contributed by atoms with Crippen LogP contribution in [-0.4, -0.2) is 4.98 Å². The maximum atomic E-state index is 5.05. The molecule has 0 saturated heterocycles. The normalized spacial score (nSPS) is 18.6. The lowest BCUT2D eigenvalue weighted by atomic mass is 9.83. The first-order chi connectivity index (χ1) is 20.7. The molecule has 0 N–H and O–H groups in total. The molecule has 202 valence electrons. The zero-order valence-electron chi connectivity index (χ0n) is 23.9. The zero-order valence-corrected chi connectivity index (χ0v) is 23.9. The van der Waals surface area contributed by atoms with Crippen LogP contribution in [0.5, 0.6) is 0 Å². The highest BCUT2D eigenvalue weighted by molar-refractivity contribution is 5.77. The van der Waals surface area contributed by atoms with Gasteiger partial charge in [0, 0.05) is 23.2 Å². The summed E-state index contributed by atoms with van der Waals surface area (Å²) in [6, 6.07) is 48.9. The largest absolute Gasteiger partial charge is 0.256 e. The molecule has 0 aliphatic heterocycles. The molecule has 6 aromatic rings. The van der Waals surface area contributed by atoms with Crippen molar-refractivity contribution in [3.63, 3.8) is 0 Å². The minimum atomic E-state index is 0.413. The van der Waals surface area contributed by atoms with Gasteiger partial charge in [0.15, 0.2) is 0 Å². The third-order valence-corrected chi connectivity index (χ3v) is 9.57. The number of rotatable bonds is 3. The first-order valence-corrected chi connectivity index (χ1v) is 15.2. The Hall–Kier alpha value is -4.75. The van der Waals surface area contributed by atoms with Crippen LogP contribution in [0.2, 0.25) is 0 Å². The number of nitrogens with zero attached hydrogens (tertiary/aromatic N) is 1. The van der Waals surface area contributed by atoms with E-state index in [4.69, 9.17) is 4.98 Å². The van der Waals surface area contributed by atoms with Crippen molar-refractivity contribution in [2.24, 2.45) is 0 Å². The Balaban J connectivity index is 1.15. The van der Waals surface area contributed by atoms with E-state index in [-0.39, 0.29) is 0 Å². The number of aromatic nitrogens is 1. The van der Waals surface area contributed by atoms with Crippen molar-refractivity contribution in [2.45, 2.75) is 37.5 Å². The van der Waals surface area contributed by atoms with Crippen LogP contribution < -0.4 is 0 Å². The second kappa shape index (κ2) is 10.3. The van der Waals surface area contributed by atoms with E-state index in [1.54, 1.807) is 0 Å². The van der Waals surface area contributed by atoms with Crippen LogP contribution in [0, 0.1) is 0 Å². The van der Waals surface area contributed by atoms with Crippen LogP contribution in [0.25, 0.3) is 44.6 Å². The van der Waals surface area contributed by atoms with Gasteiger partial charge in [-0.05, 0) is 80.8 Å². The first-order valence-electron chi connectivity index (χ1n) is 15.2. The Kier molecular flexibility index (Phi) is 6.11. The van der Waals surface area contributed by atoms with Crippen molar-refractivity contribution < 1.29 is 0 Å². The number of hydrogen-bond donors (Lipinski definition) is 0. The second-order valence-electron chi connectivity index (χ2n) is 12.0. The van der Waals surface area contributed by atoms with E-state index in [2.05, 4.69) is 147 Å². The average Bonchev–Trinajstić information content (AvgIpc) is 3.30. The maximum Gasteiger partial charge on any atom is 0.0705 e. The molecule has 3 atom stereocenters. The van der Waals surface area contributed by atoms with Gasteiger partial charge in [0.1, 0.15) is 0 Å². The summed E-state index contributed by atoms with van der Waals surface area (Å²) >= 11 is 0. The predicted molar refractivity (Wildman–Crippen MR) is 175 cm³/mol. The van der Waals surface area contributed by atoms with Gasteiger partial charge in [-0.1, -0.05) is 134 Å². The van der Waals surface area contributed by atoms with Crippen molar-refractivity contribution in [1.29, 1.82) is 0 Å². The Labute approximate surface area is 248 Å². The summed E-state index contributed by atoms with van der Waals surface area (Å²) in [5.74, 6) is 1.43. The molecule has 2 aliphatic rings. The summed E-state index contributed by atoms with van der Waals surface area (Å²) in [4.78, 5) is 5.05. The van der Waals surface area contributed by atoms with Crippen molar-refractivity contribution in [3.8, 4) is 44.6 Å². The zero-order chi connectivity index (χ0) is 28.0. The fourth-order valence-electron chi connectivity index (χ4n) is 7.44. The summed E-state index contributed by atoms with van der Waals surface area (Å²) < 4.78 is 0. The fourth-order valence-corrected chi connectivity index (χ4v) is 7.44. The van der Waals surface area contributed by atoms with Crippen molar-refractivity contribution in [2.75, 3.05) is 0 Å². The summed E-state index contributed by atoms with van der Waals surface area (Å²) in [5, 5.41) is 0. The number of hydrogen-bond acceptors (Lipinski definition) is 1. The number of benzene rings is 5. The van der Waals surface area contributed by atoms with Gasteiger partial charge in [-0.15, -0.1) is 0 Å². The predicted octanol–water partition coefficient (Wildman–Crippen LogP) is 10.9. The molecule has 2 bridgehead atoms. The van der Waals surface area contributed by atoms with Crippen LogP contribution in [0.4, 0.5) is 0 Å². The highest BCUT2D eigenvalue weighted by Crippen LogP contribution is 2.52. The molecule has 8 rings (SSSR count). The van der Waals surface area contributed by atoms with Gasteiger partial charge >= 0.3 is 0 Å². The van der Waals surface area contributed by atoms with Gasteiger partial charge in [-0.2, -0.15) is 0 Å². The molecule has 1 nitrogen and oxygen atoms in total. The molecule has 1 heteroatoms. The molecule has 1 aromatic heterocycles. The Bertz CT molecular complexity index is 1880. The molecule has 0 radical (unpaired) electrons. The molecule has 1 heterocycles. The molecule has 0 spiro atoms. The third-order valence-electron chi connectivity index (χ3n) is 9.57. The van der Waals surface area contributed by atoms with E-state index in [9.17, 15) is 0 Å². The number of fused-ring (bicyclic) bond motifs is 9. The lowest BCUT2D eigenvalue weighted by Gasteiger charge is -2.22. The van der Waals surface area contributed by atoms with Gasteiger partial charge in [-0.3, -0.25) is 4.98 Å². The van der Waals surface area contributed by atoms with Gasteiger partial charge in [0.05, 0.1) is 5.69 Å². The Morgan fingerprint density at radius 2 is 1.02 bits per heavy atom. The third kappa shape index (κ3) is 4.28. The first kappa shape index (κ1) is 25.0. The van der Waals surface area contributed by atoms with E-state index in [0.717, 1.165) is 18.5 Å². The highest BCUT2D eigenvalue weighted by atomic mass is 14.7. The molecule has 5 aromatic carbocycles. The molecule has 0 fully saturated rings. The minimum absolute atomic E-state index is 0.413. The molecular weight excluding hydrogens is 506 g/mol. The lowest BCUT2D eigenvalue weighted by Crippen LogP contribution is -2.04. The van der Waals surface area contributed by atoms with Crippen LogP contribution in [0.15, 0.2) is 140 Å². The maximum absolute atomic E-state index is 5.05. The molecule has 0 amide bonds. The smallest absolute Gasteiger partial charge is 0.0705 e. The summed E-state index contributed by atoms with van der Waals surface area (Å²) in [5.41, 5.74) is 15.7. The number of pyridine rings is 1. The van der Waals surface area contributed by atoms with E-state index < -0.39 is 0 Å². The minimum Gasteiger partial charge on any atom is -0.256 e. The van der Waals surface area contributed by atoms with Crippen LogP contribution in [-0.2, 0) is 0 Å². The summed E-state index contributed by atoms with van der Waals surface area (Å²) in [6.07, 6.45) is 4.45. The van der Waals surface area contributed by atoms with Gasteiger partial charge < -0.3 is 0 Å². The van der Waals surface area contributed by atoms with Crippen molar-refractivity contribution >= 4 is 0 Å². The van der Waals surface area contributed by atoms with Gasteiger partial charge in [0.2, 0.25) is 0 Å². The van der Waals surface area contributed by atoms with E-state index >= 15 is 0 Å². The average molecular weight is 540 g/mol. The molecule has 2 aliphatic carbocycles. The quantitative estimate of drug-likeness (QED) is 0.218. The molecular formula is C41H33N. The lowest BCUT2D eigenvalue weighted by molar-refractivity contribution is 0.533. The monoisotopic (exact) mass is 539 g/mol. The Morgan fingerprint density at radius 1 is 0.476 bits per heavy atom. The van der Waals surface area contributed by atoms with Gasteiger partial charge in [0.25, 0.3) is 0 Å². The topological polar surface area (TPSA) is 12.9 Å². The Morgan fingerprint density at radius 3 is 1.71 bits per heavy atom. The fraction of sp³-hybridized carbons (Fsp3) is 0.146. The molecule has 42 heavy (non-hydrogen) atoms. The summed E-state index contributed by atoms with van der Waals surface area (Å²) in [7, 11) is 0. The molecule has 0 saturated carbocycles. The van der Waals surface area contributed by atoms with Crippen LogP contribution in [0.1, 0.15) is 59.8 Å². The van der Waals surface area contributed by atoms with Gasteiger partial charge in [-0.25, -0.2) is 0 Å².